The Kier molecular flexibility index (Phi) is 4.95. The number of carbonyl (C=O) groups is 2. The van der Waals surface area contributed by atoms with Crippen LogP contribution in [0, 0.1) is 0 Å². The number of anilines is 1. The molecule has 0 bridgehead atoms. The number of benzene rings is 1. The Morgan fingerprint density at radius 3 is 2.35 bits per heavy atom. The van der Waals surface area contributed by atoms with Crippen molar-refractivity contribution in [2.24, 2.45) is 0 Å². The quantitative estimate of drug-likeness (QED) is 0.783. The van der Waals surface area contributed by atoms with Crippen LogP contribution in [0.3, 0.4) is 0 Å². The summed E-state index contributed by atoms with van der Waals surface area (Å²) in [5, 5.41) is 11.4. The maximum Gasteiger partial charge on any atom is 0.307 e. The van der Waals surface area contributed by atoms with Crippen LogP contribution in [0.2, 0.25) is 0 Å². The van der Waals surface area contributed by atoms with Crippen LogP contribution in [0.4, 0.5) is 5.69 Å². The highest BCUT2D eigenvalue weighted by Gasteiger charge is 2.13. The van der Waals surface area contributed by atoms with E-state index in [9.17, 15) is 9.59 Å². The van der Waals surface area contributed by atoms with Gasteiger partial charge < -0.3 is 10.4 Å². The van der Waals surface area contributed by atoms with E-state index in [0.29, 0.717) is 16.8 Å². The standard InChI is InChI=1S/C13H9Br2NO3S/c14-10-6-9(12(15)20-10)13(19)16-8-3-1-7(2-4-8)5-11(17)18/h1-4,6H,5H2,(H,16,19)(H,17,18). The fourth-order valence-corrected chi connectivity index (χ4v) is 4.37. The van der Waals surface area contributed by atoms with E-state index in [1.807, 2.05) is 0 Å². The Morgan fingerprint density at radius 1 is 1.20 bits per heavy atom. The summed E-state index contributed by atoms with van der Waals surface area (Å²) in [7, 11) is 0. The molecule has 104 valence electrons. The lowest BCUT2D eigenvalue weighted by molar-refractivity contribution is -0.136. The molecule has 1 aromatic heterocycles. The first-order chi connectivity index (χ1) is 9.45. The summed E-state index contributed by atoms with van der Waals surface area (Å²) < 4.78 is 1.62. The van der Waals surface area contributed by atoms with E-state index in [2.05, 4.69) is 37.2 Å². The Bertz CT molecular complexity index is 652. The highest BCUT2D eigenvalue weighted by molar-refractivity contribution is 9.12. The predicted octanol–water partition coefficient (Wildman–Crippen LogP) is 4.15. The van der Waals surface area contributed by atoms with Crippen molar-refractivity contribution in [2.75, 3.05) is 5.32 Å². The molecule has 1 amide bonds. The Hall–Kier alpha value is -1.18. The molecule has 2 aromatic rings. The average molecular weight is 419 g/mol. The number of hydrogen-bond donors (Lipinski definition) is 2. The normalized spacial score (nSPS) is 10.3. The van der Waals surface area contributed by atoms with Crippen LogP contribution in [-0.2, 0) is 11.2 Å². The fraction of sp³-hybridized carbons (Fsp3) is 0.0769. The third-order valence-corrected chi connectivity index (χ3v) is 4.81. The van der Waals surface area contributed by atoms with E-state index in [1.165, 1.54) is 11.3 Å². The summed E-state index contributed by atoms with van der Waals surface area (Å²) in [6.45, 7) is 0. The Balaban J connectivity index is 2.08. The van der Waals surface area contributed by atoms with Gasteiger partial charge in [0.05, 0.1) is 19.6 Å². The summed E-state index contributed by atoms with van der Waals surface area (Å²) in [4.78, 5) is 22.6. The molecule has 1 heterocycles. The zero-order valence-corrected chi connectivity index (χ0v) is 14.0. The number of thiophene rings is 1. The molecule has 0 aliphatic rings. The number of carboxylic acid groups (broad SMARTS) is 1. The lowest BCUT2D eigenvalue weighted by atomic mass is 10.1. The molecule has 0 saturated heterocycles. The van der Waals surface area contributed by atoms with Gasteiger partial charge in [0.15, 0.2) is 0 Å². The second kappa shape index (κ2) is 6.51. The number of nitrogens with one attached hydrogen (secondary N) is 1. The van der Waals surface area contributed by atoms with Crippen LogP contribution < -0.4 is 5.32 Å². The lowest BCUT2D eigenvalue weighted by Crippen LogP contribution is -2.11. The molecule has 0 fully saturated rings. The molecule has 0 aliphatic carbocycles. The SMILES string of the molecule is O=C(O)Cc1ccc(NC(=O)c2cc(Br)sc2Br)cc1. The highest BCUT2D eigenvalue weighted by atomic mass is 79.9. The molecule has 0 aliphatic heterocycles. The summed E-state index contributed by atoms with van der Waals surface area (Å²) >= 11 is 8.08. The van der Waals surface area contributed by atoms with Gasteiger partial charge in [0.25, 0.3) is 5.91 Å². The number of hydrogen-bond acceptors (Lipinski definition) is 3. The van der Waals surface area contributed by atoms with E-state index < -0.39 is 5.97 Å². The van der Waals surface area contributed by atoms with Gasteiger partial charge in [-0.1, -0.05) is 12.1 Å². The van der Waals surface area contributed by atoms with Crippen LogP contribution in [0.15, 0.2) is 37.9 Å². The van der Waals surface area contributed by atoms with Crippen LogP contribution in [0.1, 0.15) is 15.9 Å². The summed E-state index contributed by atoms with van der Waals surface area (Å²) in [6.07, 6.45) is -0.0305. The van der Waals surface area contributed by atoms with Gasteiger partial charge in [-0.3, -0.25) is 9.59 Å². The summed E-state index contributed by atoms with van der Waals surface area (Å²) in [5.41, 5.74) is 1.87. The maximum atomic E-state index is 12.1. The molecule has 0 unspecified atom stereocenters. The molecular formula is C13H9Br2NO3S. The van der Waals surface area contributed by atoms with Gasteiger partial charge in [-0.05, 0) is 55.6 Å². The van der Waals surface area contributed by atoms with Gasteiger partial charge in [0.1, 0.15) is 0 Å². The first-order valence-corrected chi connectivity index (χ1v) is 7.93. The number of halogens is 2. The summed E-state index contributed by atoms with van der Waals surface area (Å²) in [5.74, 6) is -1.10. The fourth-order valence-electron chi connectivity index (χ4n) is 1.57. The zero-order chi connectivity index (χ0) is 14.7. The minimum absolute atomic E-state index is 0.0305. The number of amides is 1. The number of carbonyl (C=O) groups excluding carboxylic acids is 1. The zero-order valence-electron chi connectivity index (χ0n) is 10.0. The molecule has 0 radical (unpaired) electrons. The van der Waals surface area contributed by atoms with Crippen molar-refractivity contribution >= 4 is 60.8 Å². The molecule has 7 heteroatoms. The van der Waals surface area contributed by atoms with E-state index in [4.69, 9.17) is 5.11 Å². The Labute approximate surface area is 136 Å². The largest absolute Gasteiger partial charge is 0.481 e. The van der Waals surface area contributed by atoms with Crippen molar-refractivity contribution in [3.63, 3.8) is 0 Å². The van der Waals surface area contributed by atoms with Gasteiger partial charge >= 0.3 is 5.97 Å². The third-order valence-electron chi connectivity index (χ3n) is 2.47. The molecule has 0 atom stereocenters. The first kappa shape index (κ1) is 15.2. The minimum Gasteiger partial charge on any atom is -0.481 e. The van der Waals surface area contributed by atoms with Crippen molar-refractivity contribution in [1.82, 2.24) is 0 Å². The molecular weight excluding hydrogens is 410 g/mol. The molecule has 0 spiro atoms. The molecule has 1 aromatic carbocycles. The topological polar surface area (TPSA) is 66.4 Å². The molecule has 0 saturated carbocycles. The van der Waals surface area contributed by atoms with Gasteiger partial charge in [-0.2, -0.15) is 0 Å². The Morgan fingerprint density at radius 2 is 1.85 bits per heavy atom. The molecule has 20 heavy (non-hydrogen) atoms. The van der Waals surface area contributed by atoms with Gasteiger partial charge in [0, 0.05) is 5.69 Å². The monoisotopic (exact) mass is 417 g/mol. The minimum atomic E-state index is -0.881. The van der Waals surface area contributed by atoms with E-state index in [0.717, 1.165) is 7.57 Å². The second-order valence-corrected chi connectivity index (χ2v) is 7.71. The van der Waals surface area contributed by atoms with Crippen LogP contribution in [0.5, 0.6) is 0 Å². The van der Waals surface area contributed by atoms with Crippen molar-refractivity contribution in [2.45, 2.75) is 6.42 Å². The molecule has 2 rings (SSSR count). The van der Waals surface area contributed by atoms with Crippen molar-refractivity contribution < 1.29 is 14.7 Å². The first-order valence-electron chi connectivity index (χ1n) is 5.52. The number of aliphatic carboxylic acids is 1. The molecule has 2 N–H and O–H groups in total. The number of rotatable bonds is 4. The predicted molar refractivity (Wildman–Crippen MR) is 85.5 cm³/mol. The van der Waals surface area contributed by atoms with E-state index >= 15 is 0 Å². The van der Waals surface area contributed by atoms with E-state index in [-0.39, 0.29) is 12.3 Å². The van der Waals surface area contributed by atoms with Crippen molar-refractivity contribution in [3.05, 3.63) is 49.0 Å². The van der Waals surface area contributed by atoms with Gasteiger partial charge in [-0.15, -0.1) is 11.3 Å². The summed E-state index contributed by atoms with van der Waals surface area (Å²) in [6, 6.07) is 8.48. The molecule has 4 nitrogen and oxygen atoms in total. The van der Waals surface area contributed by atoms with Crippen LogP contribution in [0.25, 0.3) is 0 Å². The van der Waals surface area contributed by atoms with Crippen LogP contribution in [-0.4, -0.2) is 17.0 Å². The number of carboxylic acids is 1. The average Bonchev–Trinajstić information content (AvgIpc) is 2.70. The maximum absolute atomic E-state index is 12.1. The van der Waals surface area contributed by atoms with Gasteiger partial charge in [-0.25, -0.2) is 0 Å². The van der Waals surface area contributed by atoms with Crippen molar-refractivity contribution in [1.29, 1.82) is 0 Å². The third kappa shape index (κ3) is 3.91. The van der Waals surface area contributed by atoms with Crippen LogP contribution >= 0.6 is 43.2 Å². The second-order valence-electron chi connectivity index (χ2n) is 3.96. The smallest absolute Gasteiger partial charge is 0.307 e. The van der Waals surface area contributed by atoms with E-state index in [1.54, 1.807) is 30.3 Å². The van der Waals surface area contributed by atoms with Crippen molar-refractivity contribution in [3.8, 4) is 0 Å². The van der Waals surface area contributed by atoms with Gasteiger partial charge in [0.2, 0.25) is 0 Å². The lowest BCUT2D eigenvalue weighted by Gasteiger charge is -2.05. The highest BCUT2D eigenvalue weighted by Crippen LogP contribution is 2.32.